The summed E-state index contributed by atoms with van der Waals surface area (Å²) in [5, 5.41) is 9.81. The summed E-state index contributed by atoms with van der Waals surface area (Å²) in [6.45, 7) is 5.51. The Morgan fingerprint density at radius 1 is 1.19 bits per heavy atom. The van der Waals surface area contributed by atoms with Crippen molar-refractivity contribution in [1.29, 1.82) is 5.41 Å². The summed E-state index contributed by atoms with van der Waals surface area (Å²) < 4.78 is 40.0. The van der Waals surface area contributed by atoms with E-state index in [0.717, 1.165) is 12.1 Å². The third-order valence-electron chi connectivity index (χ3n) is 3.18. The van der Waals surface area contributed by atoms with Crippen molar-refractivity contribution in [2.24, 2.45) is 0 Å². The van der Waals surface area contributed by atoms with Crippen LogP contribution in [0.2, 0.25) is 5.02 Å². The highest BCUT2D eigenvalue weighted by Gasteiger charge is 2.36. The summed E-state index contributed by atoms with van der Waals surface area (Å²) in [6, 6.07) is 7.91. The van der Waals surface area contributed by atoms with Gasteiger partial charge in [-0.1, -0.05) is 47.4 Å². The average molecular weight is 450 g/mol. The first kappa shape index (κ1) is 22.2. The summed E-state index contributed by atoms with van der Waals surface area (Å²) in [7, 11) is 0. The van der Waals surface area contributed by atoms with Gasteiger partial charge in [-0.05, 0) is 37.3 Å². The minimum atomic E-state index is -4.71. The number of hydrogen-bond donors (Lipinski definition) is 2. The van der Waals surface area contributed by atoms with Gasteiger partial charge >= 0.3 is 6.18 Å². The number of anilines is 1. The summed E-state index contributed by atoms with van der Waals surface area (Å²) in [6.07, 6.45) is -4.71. The molecule has 2 rings (SSSR count). The molecule has 2 aromatic rings. The second-order valence-corrected chi connectivity index (χ2v) is 6.25. The second-order valence-electron chi connectivity index (χ2n) is 4.93. The molecule has 0 heterocycles. The fraction of sp³-hybridized carbons (Fsp3) is 0.222. The van der Waals surface area contributed by atoms with Crippen LogP contribution in [0, 0.1) is 5.41 Å². The lowest BCUT2D eigenvalue weighted by Crippen LogP contribution is -2.20. The number of amides is 1. The molecule has 0 saturated carbocycles. The van der Waals surface area contributed by atoms with Crippen LogP contribution in [0.5, 0.6) is 0 Å². The Morgan fingerprint density at radius 2 is 1.81 bits per heavy atom. The maximum absolute atomic E-state index is 13.1. The Labute approximate surface area is 163 Å². The van der Waals surface area contributed by atoms with Gasteiger partial charge in [0.1, 0.15) is 0 Å². The van der Waals surface area contributed by atoms with Crippen LogP contribution in [0.1, 0.15) is 42.3 Å². The average Bonchev–Trinajstić information content (AvgIpc) is 2.55. The lowest BCUT2D eigenvalue weighted by Gasteiger charge is -2.16. The molecule has 0 aliphatic rings. The molecule has 0 spiro atoms. The van der Waals surface area contributed by atoms with Gasteiger partial charge in [0, 0.05) is 15.7 Å². The molecular weight excluding hydrogens is 433 g/mol. The van der Waals surface area contributed by atoms with Crippen LogP contribution in [0.25, 0.3) is 0 Å². The van der Waals surface area contributed by atoms with Crippen LogP contribution in [-0.4, -0.2) is 11.6 Å². The molecule has 0 atom stereocenters. The van der Waals surface area contributed by atoms with Crippen molar-refractivity contribution < 1.29 is 18.0 Å². The zero-order valence-corrected chi connectivity index (χ0v) is 16.6. The van der Waals surface area contributed by atoms with Crippen molar-refractivity contribution in [3.05, 3.63) is 62.6 Å². The first-order valence-corrected chi connectivity index (χ1v) is 8.80. The smallest absolute Gasteiger partial charge is 0.321 e. The Kier molecular flexibility index (Phi) is 7.84. The van der Waals surface area contributed by atoms with E-state index in [1.165, 1.54) is 19.1 Å². The van der Waals surface area contributed by atoms with E-state index in [1.807, 2.05) is 13.8 Å². The van der Waals surface area contributed by atoms with Gasteiger partial charge in [0.2, 0.25) is 0 Å². The third-order valence-corrected chi connectivity index (χ3v) is 3.99. The molecule has 8 heteroatoms. The van der Waals surface area contributed by atoms with E-state index in [-0.39, 0.29) is 16.4 Å². The molecule has 0 fully saturated rings. The molecule has 26 heavy (non-hydrogen) atoms. The zero-order chi connectivity index (χ0) is 20.1. The van der Waals surface area contributed by atoms with E-state index in [9.17, 15) is 18.0 Å². The zero-order valence-electron chi connectivity index (χ0n) is 14.3. The molecule has 140 valence electrons. The van der Waals surface area contributed by atoms with E-state index >= 15 is 0 Å². The fourth-order valence-electron chi connectivity index (χ4n) is 2.12. The first-order chi connectivity index (χ1) is 12.1. The van der Waals surface area contributed by atoms with Gasteiger partial charge in [0.25, 0.3) is 5.91 Å². The Morgan fingerprint density at radius 3 is 2.35 bits per heavy atom. The number of carbonyl (C=O) groups is 1. The minimum Gasteiger partial charge on any atom is -0.321 e. The number of alkyl halides is 3. The highest BCUT2D eigenvalue weighted by Crippen LogP contribution is 2.35. The molecular formula is C18H17BrClF3N2O. The van der Waals surface area contributed by atoms with Crippen molar-refractivity contribution in [3.63, 3.8) is 0 Å². The van der Waals surface area contributed by atoms with E-state index in [1.54, 1.807) is 12.1 Å². The van der Waals surface area contributed by atoms with Crippen molar-refractivity contribution >= 4 is 44.8 Å². The molecule has 0 bridgehead atoms. The predicted molar refractivity (Wildman–Crippen MR) is 102 cm³/mol. The molecule has 0 aliphatic carbocycles. The van der Waals surface area contributed by atoms with Crippen molar-refractivity contribution in [2.45, 2.75) is 26.9 Å². The minimum absolute atomic E-state index is 0.160. The van der Waals surface area contributed by atoms with Gasteiger partial charge in [-0.3, -0.25) is 4.79 Å². The van der Waals surface area contributed by atoms with Gasteiger partial charge in [0.15, 0.2) is 0 Å². The van der Waals surface area contributed by atoms with Crippen LogP contribution in [0.3, 0.4) is 0 Å². The summed E-state index contributed by atoms with van der Waals surface area (Å²) >= 11 is 9.04. The van der Waals surface area contributed by atoms with Crippen LogP contribution < -0.4 is 5.32 Å². The summed E-state index contributed by atoms with van der Waals surface area (Å²) in [4.78, 5) is 12.4. The standard InChI is InChI=1S/C16H11BrClF3N2O.C2H6/c1-8(22)10-6-5-9(17)7-13(10)23-15(24)14-11(16(19,20)21)3-2-4-12(14)18;1-2/h2-7,22H,1H3,(H,23,24);1-2H3. The lowest BCUT2D eigenvalue weighted by molar-refractivity contribution is -0.137. The Bertz CT molecular complexity index is 823. The molecule has 0 unspecified atom stereocenters. The van der Waals surface area contributed by atoms with Gasteiger partial charge in [-0.2, -0.15) is 13.2 Å². The molecule has 1 amide bonds. The summed E-state index contributed by atoms with van der Waals surface area (Å²) in [5.74, 6) is -0.992. The number of nitrogens with one attached hydrogen (secondary N) is 2. The highest BCUT2D eigenvalue weighted by molar-refractivity contribution is 9.10. The van der Waals surface area contributed by atoms with E-state index in [2.05, 4.69) is 21.2 Å². The molecule has 3 nitrogen and oxygen atoms in total. The second kappa shape index (κ2) is 9.19. The number of benzene rings is 2. The molecule has 0 aliphatic heterocycles. The maximum atomic E-state index is 13.1. The van der Waals surface area contributed by atoms with Crippen molar-refractivity contribution in [1.82, 2.24) is 0 Å². The van der Waals surface area contributed by atoms with Crippen LogP contribution in [-0.2, 0) is 6.18 Å². The Hall–Kier alpha value is -1.86. The molecule has 0 radical (unpaired) electrons. The Balaban J connectivity index is 0.00000163. The number of hydrogen-bond acceptors (Lipinski definition) is 2. The van der Waals surface area contributed by atoms with E-state index in [0.29, 0.717) is 10.0 Å². The SMILES string of the molecule is CC.CC(=N)c1ccc(Br)cc1NC(=O)c1c(Cl)cccc1C(F)(F)F. The third kappa shape index (κ3) is 5.32. The number of halogens is 5. The lowest BCUT2D eigenvalue weighted by atomic mass is 10.0. The molecule has 2 N–H and O–H groups in total. The molecule has 0 aromatic heterocycles. The normalized spacial score (nSPS) is 10.6. The van der Waals surface area contributed by atoms with Crippen molar-refractivity contribution in [2.75, 3.05) is 5.32 Å². The van der Waals surface area contributed by atoms with Crippen LogP contribution in [0.15, 0.2) is 40.9 Å². The van der Waals surface area contributed by atoms with Gasteiger partial charge < -0.3 is 10.7 Å². The van der Waals surface area contributed by atoms with Gasteiger partial charge in [0.05, 0.1) is 21.8 Å². The van der Waals surface area contributed by atoms with Gasteiger partial charge in [-0.15, -0.1) is 0 Å². The van der Waals surface area contributed by atoms with E-state index in [4.69, 9.17) is 17.0 Å². The topological polar surface area (TPSA) is 53.0 Å². The largest absolute Gasteiger partial charge is 0.417 e. The van der Waals surface area contributed by atoms with Crippen LogP contribution in [0.4, 0.5) is 18.9 Å². The molecule has 2 aromatic carbocycles. The highest BCUT2D eigenvalue weighted by atomic mass is 79.9. The molecule has 0 saturated heterocycles. The number of rotatable bonds is 3. The summed E-state index contributed by atoms with van der Waals surface area (Å²) in [5.41, 5.74) is -0.995. The monoisotopic (exact) mass is 448 g/mol. The predicted octanol–water partition coefficient (Wildman–Crippen LogP) is 6.79. The first-order valence-electron chi connectivity index (χ1n) is 7.63. The maximum Gasteiger partial charge on any atom is 0.417 e. The van der Waals surface area contributed by atoms with E-state index < -0.39 is 23.2 Å². The van der Waals surface area contributed by atoms with Gasteiger partial charge in [-0.25, -0.2) is 0 Å². The number of carbonyl (C=O) groups excluding carboxylic acids is 1. The fourth-order valence-corrected chi connectivity index (χ4v) is 2.74. The van der Waals surface area contributed by atoms with Crippen LogP contribution >= 0.6 is 27.5 Å². The quantitative estimate of drug-likeness (QED) is 0.498. The van der Waals surface area contributed by atoms with Crippen molar-refractivity contribution in [3.8, 4) is 0 Å².